The Balaban J connectivity index is 2.29. The fourth-order valence-corrected chi connectivity index (χ4v) is 3.53. The minimum Gasteiger partial charge on any atom is -0.496 e. The summed E-state index contributed by atoms with van der Waals surface area (Å²) in [4.78, 5) is 2.59. The van der Waals surface area contributed by atoms with E-state index < -0.39 is 0 Å². The zero-order chi connectivity index (χ0) is 13.1. The molecule has 0 N–H and O–H groups in total. The molecular weight excluding hydrogens is 337 g/mol. The summed E-state index contributed by atoms with van der Waals surface area (Å²) >= 11 is 2.37. The van der Waals surface area contributed by atoms with Crippen molar-refractivity contribution in [3.63, 3.8) is 0 Å². The predicted octanol–water partition coefficient (Wildman–Crippen LogP) is 3.67. The second-order valence-electron chi connectivity index (χ2n) is 5.14. The summed E-state index contributed by atoms with van der Waals surface area (Å²) in [6.45, 7) is 8.18. The van der Waals surface area contributed by atoms with Crippen molar-refractivity contribution in [2.24, 2.45) is 0 Å². The van der Waals surface area contributed by atoms with E-state index in [9.17, 15) is 0 Å². The Morgan fingerprint density at radius 1 is 1.44 bits per heavy atom. The lowest BCUT2D eigenvalue weighted by molar-refractivity contribution is 0.273. The molecule has 3 heteroatoms. The van der Waals surface area contributed by atoms with Crippen LogP contribution in [0.1, 0.15) is 37.3 Å². The van der Waals surface area contributed by atoms with Crippen molar-refractivity contribution >= 4 is 22.6 Å². The molecule has 2 rings (SSSR count). The lowest BCUT2D eigenvalue weighted by Gasteiger charge is -2.21. The number of rotatable bonds is 3. The summed E-state index contributed by atoms with van der Waals surface area (Å²) in [5, 5.41) is 0. The molecule has 0 aromatic heterocycles. The third-order valence-electron chi connectivity index (χ3n) is 3.71. The number of hydrogen-bond donors (Lipinski definition) is 0. The number of benzene rings is 1. The van der Waals surface area contributed by atoms with Gasteiger partial charge in [-0.25, -0.2) is 0 Å². The van der Waals surface area contributed by atoms with Crippen LogP contribution in [0.15, 0.2) is 12.1 Å². The van der Waals surface area contributed by atoms with Crippen molar-refractivity contribution in [3.8, 4) is 5.75 Å². The van der Waals surface area contributed by atoms with Crippen LogP contribution in [0.25, 0.3) is 0 Å². The van der Waals surface area contributed by atoms with Crippen LogP contribution in [-0.2, 0) is 6.42 Å². The van der Waals surface area contributed by atoms with E-state index in [1.54, 1.807) is 7.11 Å². The van der Waals surface area contributed by atoms with E-state index in [1.807, 2.05) is 0 Å². The molecule has 0 spiro atoms. The molecule has 1 aliphatic rings. The molecule has 0 unspecified atom stereocenters. The van der Waals surface area contributed by atoms with Gasteiger partial charge in [0, 0.05) is 13.1 Å². The molecular formula is C15H22INO. The van der Waals surface area contributed by atoms with Crippen LogP contribution < -0.4 is 4.74 Å². The highest BCUT2D eigenvalue weighted by Gasteiger charge is 2.21. The van der Waals surface area contributed by atoms with Crippen molar-refractivity contribution in [2.45, 2.75) is 32.6 Å². The van der Waals surface area contributed by atoms with Crippen molar-refractivity contribution in [3.05, 3.63) is 26.8 Å². The first-order valence-electron chi connectivity index (χ1n) is 6.74. The van der Waals surface area contributed by atoms with Crippen molar-refractivity contribution in [1.82, 2.24) is 4.90 Å². The van der Waals surface area contributed by atoms with Gasteiger partial charge in [0.25, 0.3) is 0 Å². The molecule has 1 aromatic rings. The Morgan fingerprint density at radius 2 is 2.22 bits per heavy atom. The summed E-state index contributed by atoms with van der Waals surface area (Å²) < 4.78 is 6.67. The predicted molar refractivity (Wildman–Crippen MR) is 84.6 cm³/mol. The maximum Gasteiger partial charge on any atom is 0.132 e. The summed E-state index contributed by atoms with van der Waals surface area (Å²) in [5.74, 6) is 1.64. The lowest BCUT2D eigenvalue weighted by Crippen LogP contribution is -2.28. The molecule has 1 atom stereocenters. The first-order valence-corrected chi connectivity index (χ1v) is 7.82. The normalized spacial score (nSPS) is 20.3. The first kappa shape index (κ1) is 14.1. The smallest absolute Gasteiger partial charge is 0.132 e. The number of fused-ring (bicyclic) bond motifs is 1. The second-order valence-corrected chi connectivity index (χ2v) is 6.30. The summed E-state index contributed by atoms with van der Waals surface area (Å²) in [5.41, 5.74) is 2.98. The van der Waals surface area contributed by atoms with Crippen LogP contribution >= 0.6 is 22.6 Å². The zero-order valence-corrected chi connectivity index (χ0v) is 13.7. The molecule has 0 radical (unpaired) electrons. The van der Waals surface area contributed by atoms with Gasteiger partial charge in [0.05, 0.1) is 10.7 Å². The molecule has 0 fully saturated rings. The van der Waals surface area contributed by atoms with Gasteiger partial charge in [-0.1, -0.05) is 13.8 Å². The molecule has 0 saturated carbocycles. The van der Waals surface area contributed by atoms with Crippen LogP contribution in [0.2, 0.25) is 0 Å². The van der Waals surface area contributed by atoms with E-state index in [1.165, 1.54) is 40.8 Å². The molecule has 0 amide bonds. The van der Waals surface area contributed by atoms with Crippen molar-refractivity contribution in [2.75, 3.05) is 26.7 Å². The maximum atomic E-state index is 5.44. The number of methoxy groups -OCH3 is 1. The highest BCUT2D eigenvalue weighted by atomic mass is 127. The standard InChI is InChI=1S/C15H22INO/c1-4-6-17-7-5-12-8-15(18-3)14(16)9-13(12)11(2)10-17/h8-9,11H,4-7,10H2,1-3H3/t11-/m0/s1. The molecule has 0 saturated heterocycles. The molecule has 2 nitrogen and oxygen atoms in total. The van der Waals surface area contributed by atoms with Gasteiger partial charge < -0.3 is 9.64 Å². The Hall–Kier alpha value is -0.290. The average molecular weight is 359 g/mol. The second kappa shape index (κ2) is 6.24. The van der Waals surface area contributed by atoms with Crippen LogP contribution in [0.4, 0.5) is 0 Å². The van der Waals surface area contributed by atoms with Crippen LogP contribution in [0.5, 0.6) is 5.75 Å². The van der Waals surface area contributed by atoms with Crippen molar-refractivity contribution < 1.29 is 4.74 Å². The SMILES string of the molecule is CCCN1CCc2cc(OC)c(I)cc2[C@@H](C)C1. The monoisotopic (exact) mass is 359 g/mol. The van der Waals surface area contributed by atoms with E-state index in [0.717, 1.165) is 12.2 Å². The Labute approximate surface area is 124 Å². The Morgan fingerprint density at radius 3 is 2.89 bits per heavy atom. The van der Waals surface area contributed by atoms with Crippen molar-refractivity contribution in [1.29, 1.82) is 0 Å². The summed E-state index contributed by atoms with van der Waals surface area (Å²) in [7, 11) is 1.76. The molecule has 18 heavy (non-hydrogen) atoms. The molecule has 1 aromatic carbocycles. The van der Waals surface area contributed by atoms with Gasteiger partial charge in [-0.15, -0.1) is 0 Å². The van der Waals surface area contributed by atoms with Gasteiger partial charge in [-0.05, 0) is 71.2 Å². The van der Waals surface area contributed by atoms with Gasteiger partial charge in [0.1, 0.15) is 5.75 Å². The van der Waals surface area contributed by atoms with Gasteiger partial charge in [-0.2, -0.15) is 0 Å². The van der Waals surface area contributed by atoms with E-state index in [4.69, 9.17) is 4.74 Å². The van der Waals surface area contributed by atoms with E-state index >= 15 is 0 Å². The van der Waals surface area contributed by atoms with Gasteiger partial charge >= 0.3 is 0 Å². The molecule has 1 aliphatic heterocycles. The Kier molecular flexibility index (Phi) is 4.90. The quantitative estimate of drug-likeness (QED) is 0.764. The topological polar surface area (TPSA) is 12.5 Å². The van der Waals surface area contributed by atoms with E-state index in [0.29, 0.717) is 5.92 Å². The third kappa shape index (κ3) is 2.99. The molecule has 100 valence electrons. The molecule has 0 aliphatic carbocycles. The fourth-order valence-electron chi connectivity index (χ4n) is 2.82. The zero-order valence-electron chi connectivity index (χ0n) is 11.5. The number of hydrogen-bond acceptors (Lipinski definition) is 2. The Bertz CT molecular complexity index is 419. The largest absolute Gasteiger partial charge is 0.496 e. The summed E-state index contributed by atoms with van der Waals surface area (Å²) in [6, 6.07) is 4.55. The minimum atomic E-state index is 0.619. The van der Waals surface area contributed by atoms with Gasteiger partial charge in [0.2, 0.25) is 0 Å². The maximum absolute atomic E-state index is 5.44. The number of ether oxygens (including phenoxy) is 1. The average Bonchev–Trinajstić information content (AvgIpc) is 2.49. The summed E-state index contributed by atoms with van der Waals surface area (Å²) in [6.07, 6.45) is 2.39. The number of nitrogens with zero attached hydrogens (tertiary/aromatic N) is 1. The van der Waals surface area contributed by atoms with Gasteiger partial charge in [0.15, 0.2) is 0 Å². The van der Waals surface area contributed by atoms with E-state index in [-0.39, 0.29) is 0 Å². The minimum absolute atomic E-state index is 0.619. The fraction of sp³-hybridized carbons (Fsp3) is 0.600. The first-order chi connectivity index (χ1) is 8.65. The highest BCUT2D eigenvalue weighted by Crippen LogP contribution is 2.32. The van der Waals surface area contributed by atoms with Crippen LogP contribution in [-0.4, -0.2) is 31.6 Å². The molecule has 1 heterocycles. The lowest BCUT2D eigenvalue weighted by atomic mass is 9.95. The van der Waals surface area contributed by atoms with Crippen LogP contribution in [0, 0.1) is 3.57 Å². The third-order valence-corrected chi connectivity index (χ3v) is 4.56. The highest BCUT2D eigenvalue weighted by molar-refractivity contribution is 14.1. The molecule has 0 bridgehead atoms. The van der Waals surface area contributed by atoms with E-state index in [2.05, 4.69) is 53.5 Å². The van der Waals surface area contributed by atoms with Crippen LogP contribution in [0.3, 0.4) is 0 Å². The van der Waals surface area contributed by atoms with Gasteiger partial charge in [-0.3, -0.25) is 0 Å². The number of halogens is 1.